The smallest absolute Gasteiger partial charge is 0.0349 e. The minimum Gasteiger partial charge on any atom is -0.123 e. The third-order valence-corrected chi connectivity index (χ3v) is 1.76. The highest BCUT2D eigenvalue weighted by molar-refractivity contribution is 6.23. The molecular formula is C7H14Cl2. The first-order chi connectivity index (χ1) is 4.16. The minimum absolute atomic E-state index is 0.221. The molecule has 0 N–H and O–H groups in total. The molecule has 0 rings (SSSR count). The molecule has 0 bridgehead atoms. The lowest BCUT2D eigenvalue weighted by atomic mass is 10.1. The van der Waals surface area contributed by atoms with E-state index in [2.05, 4.69) is 6.92 Å². The largest absolute Gasteiger partial charge is 0.123 e. The van der Waals surface area contributed by atoms with Crippen LogP contribution in [0.4, 0.5) is 0 Å². The summed E-state index contributed by atoms with van der Waals surface area (Å²) in [6.45, 7) is 4.11. The Labute approximate surface area is 67.5 Å². The van der Waals surface area contributed by atoms with Gasteiger partial charge in [-0.05, 0) is 19.8 Å². The molecule has 0 aromatic heterocycles. The van der Waals surface area contributed by atoms with Gasteiger partial charge in [-0.1, -0.05) is 13.3 Å². The molecule has 0 amide bonds. The van der Waals surface area contributed by atoms with Gasteiger partial charge in [0.2, 0.25) is 0 Å². The number of alkyl halides is 2. The molecule has 0 aliphatic rings. The van der Waals surface area contributed by atoms with Crippen molar-refractivity contribution in [2.75, 3.05) is 0 Å². The highest BCUT2D eigenvalue weighted by Gasteiger charge is 2.05. The predicted octanol–water partition coefficient (Wildman–Crippen LogP) is 3.41. The van der Waals surface area contributed by atoms with Crippen molar-refractivity contribution in [3.05, 3.63) is 0 Å². The van der Waals surface area contributed by atoms with E-state index in [4.69, 9.17) is 23.2 Å². The maximum Gasteiger partial charge on any atom is 0.0349 e. The Hall–Kier alpha value is 0.580. The summed E-state index contributed by atoms with van der Waals surface area (Å²) in [5.74, 6) is 0. The Balaban J connectivity index is 3.15. The van der Waals surface area contributed by atoms with Gasteiger partial charge in [-0.2, -0.15) is 0 Å². The quantitative estimate of drug-likeness (QED) is 0.565. The standard InChI is InChI=1S/C7H14Cl2/c1-3-4-7(9)5-6(2)8/h6-7H,3-5H2,1-2H3/t6-,7+/m0/s1. The lowest BCUT2D eigenvalue weighted by molar-refractivity contribution is 0.669. The van der Waals surface area contributed by atoms with Crippen molar-refractivity contribution in [3.63, 3.8) is 0 Å². The van der Waals surface area contributed by atoms with E-state index < -0.39 is 0 Å². The van der Waals surface area contributed by atoms with E-state index in [-0.39, 0.29) is 10.8 Å². The van der Waals surface area contributed by atoms with Gasteiger partial charge in [0.1, 0.15) is 0 Å². The fourth-order valence-electron chi connectivity index (χ4n) is 0.784. The van der Waals surface area contributed by atoms with Crippen LogP contribution in [0.1, 0.15) is 33.1 Å². The predicted molar refractivity (Wildman–Crippen MR) is 44.5 cm³/mol. The van der Waals surface area contributed by atoms with Crippen LogP contribution in [0.2, 0.25) is 0 Å². The van der Waals surface area contributed by atoms with Crippen molar-refractivity contribution >= 4 is 23.2 Å². The monoisotopic (exact) mass is 168 g/mol. The van der Waals surface area contributed by atoms with E-state index >= 15 is 0 Å². The van der Waals surface area contributed by atoms with Crippen molar-refractivity contribution < 1.29 is 0 Å². The van der Waals surface area contributed by atoms with Crippen LogP contribution in [-0.4, -0.2) is 10.8 Å². The zero-order chi connectivity index (χ0) is 7.28. The van der Waals surface area contributed by atoms with Crippen LogP contribution >= 0.6 is 23.2 Å². The molecule has 0 heterocycles. The van der Waals surface area contributed by atoms with Gasteiger partial charge in [0.25, 0.3) is 0 Å². The summed E-state index contributed by atoms with van der Waals surface area (Å²) in [5, 5.41) is 0.501. The fourth-order valence-corrected chi connectivity index (χ4v) is 1.58. The number of hydrogen-bond donors (Lipinski definition) is 0. The van der Waals surface area contributed by atoms with Crippen LogP contribution in [0, 0.1) is 0 Å². The van der Waals surface area contributed by atoms with E-state index in [1.807, 2.05) is 6.92 Å². The molecule has 0 aliphatic heterocycles. The van der Waals surface area contributed by atoms with Crippen molar-refractivity contribution in [1.82, 2.24) is 0 Å². The second kappa shape index (κ2) is 5.37. The van der Waals surface area contributed by atoms with Gasteiger partial charge in [-0.15, -0.1) is 23.2 Å². The minimum atomic E-state index is 0.221. The normalized spacial score (nSPS) is 17.3. The molecule has 0 spiro atoms. The maximum absolute atomic E-state index is 5.89. The highest BCUT2D eigenvalue weighted by atomic mass is 35.5. The van der Waals surface area contributed by atoms with Crippen LogP contribution in [0.3, 0.4) is 0 Å². The molecule has 0 aromatic rings. The third kappa shape index (κ3) is 6.47. The van der Waals surface area contributed by atoms with Gasteiger partial charge in [0.15, 0.2) is 0 Å². The molecule has 0 aromatic carbocycles. The van der Waals surface area contributed by atoms with Gasteiger partial charge in [-0.3, -0.25) is 0 Å². The van der Waals surface area contributed by atoms with E-state index in [1.165, 1.54) is 0 Å². The molecular weight excluding hydrogens is 155 g/mol. The highest BCUT2D eigenvalue weighted by Crippen LogP contribution is 2.14. The summed E-state index contributed by atoms with van der Waals surface area (Å²) in [4.78, 5) is 0. The van der Waals surface area contributed by atoms with E-state index in [9.17, 15) is 0 Å². The van der Waals surface area contributed by atoms with E-state index in [0.717, 1.165) is 19.3 Å². The Bertz CT molecular complexity index is 61.9. The second-order valence-corrected chi connectivity index (χ2v) is 3.76. The molecule has 0 saturated heterocycles. The van der Waals surface area contributed by atoms with Crippen molar-refractivity contribution in [1.29, 1.82) is 0 Å². The zero-order valence-corrected chi connectivity index (χ0v) is 7.54. The van der Waals surface area contributed by atoms with Crippen LogP contribution in [0.25, 0.3) is 0 Å². The van der Waals surface area contributed by atoms with Crippen LogP contribution in [-0.2, 0) is 0 Å². The Morgan fingerprint density at radius 3 is 2.22 bits per heavy atom. The van der Waals surface area contributed by atoms with Gasteiger partial charge >= 0.3 is 0 Å². The first-order valence-electron chi connectivity index (χ1n) is 3.45. The van der Waals surface area contributed by atoms with Gasteiger partial charge in [-0.25, -0.2) is 0 Å². The Kier molecular flexibility index (Phi) is 5.72. The molecule has 0 aliphatic carbocycles. The first kappa shape index (κ1) is 9.58. The summed E-state index contributed by atoms with van der Waals surface area (Å²) < 4.78 is 0. The second-order valence-electron chi connectivity index (χ2n) is 2.40. The van der Waals surface area contributed by atoms with Gasteiger partial charge in [0, 0.05) is 10.8 Å². The number of hydrogen-bond acceptors (Lipinski definition) is 0. The molecule has 2 atom stereocenters. The van der Waals surface area contributed by atoms with Crippen molar-refractivity contribution in [3.8, 4) is 0 Å². The summed E-state index contributed by atoms with van der Waals surface area (Å²) in [5.41, 5.74) is 0. The van der Waals surface area contributed by atoms with E-state index in [0.29, 0.717) is 0 Å². The average Bonchev–Trinajstić information content (AvgIpc) is 1.63. The first-order valence-corrected chi connectivity index (χ1v) is 4.32. The summed E-state index contributed by atoms with van der Waals surface area (Å²) in [6.07, 6.45) is 3.16. The maximum atomic E-state index is 5.89. The molecule has 0 fully saturated rings. The Morgan fingerprint density at radius 1 is 1.33 bits per heavy atom. The topological polar surface area (TPSA) is 0 Å². The fraction of sp³-hybridized carbons (Fsp3) is 1.00. The number of rotatable bonds is 4. The summed E-state index contributed by atoms with van der Waals surface area (Å²) in [7, 11) is 0. The third-order valence-electron chi connectivity index (χ3n) is 1.18. The summed E-state index contributed by atoms with van der Waals surface area (Å²) >= 11 is 11.6. The SMILES string of the molecule is CCC[C@@H](Cl)C[C@H](C)Cl. The van der Waals surface area contributed by atoms with E-state index in [1.54, 1.807) is 0 Å². The van der Waals surface area contributed by atoms with Gasteiger partial charge < -0.3 is 0 Å². The molecule has 0 radical (unpaired) electrons. The van der Waals surface area contributed by atoms with Gasteiger partial charge in [0.05, 0.1) is 0 Å². The van der Waals surface area contributed by atoms with Crippen LogP contribution < -0.4 is 0 Å². The van der Waals surface area contributed by atoms with Crippen molar-refractivity contribution in [2.24, 2.45) is 0 Å². The zero-order valence-electron chi connectivity index (χ0n) is 6.03. The molecule has 0 nitrogen and oxygen atoms in total. The molecule has 56 valence electrons. The Morgan fingerprint density at radius 2 is 1.89 bits per heavy atom. The molecule has 2 heteroatoms. The molecule has 0 saturated carbocycles. The number of halogens is 2. The van der Waals surface area contributed by atoms with Crippen molar-refractivity contribution in [2.45, 2.75) is 43.9 Å². The lowest BCUT2D eigenvalue weighted by Gasteiger charge is -2.07. The average molecular weight is 169 g/mol. The lowest BCUT2D eigenvalue weighted by Crippen LogP contribution is -2.04. The summed E-state index contributed by atoms with van der Waals surface area (Å²) in [6, 6.07) is 0. The molecule has 0 unspecified atom stereocenters. The van der Waals surface area contributed by atoms with Crippen LogP contribution in [0.15, 0.2) is 0 Å². The van der Waals surface area contributed by atoms with Crippen LogP contribution in [0.5, 0.6) is 0 Å². The molecule has 9 heavy (non-hydrogen) atoms.